The summed E-state index contributed by atoms with van der Waals surface area (Å²) >= 11 is 0. The molecule has 2 fully saturated rings. The molecule has 0 bridgehead atoms. The molecule has 0 spiro atoms. The summed E-state index contributed by atoms with van der Waals surface area (Å²) in [7, 11) is 0. The van der Waals surface area contributed by atoms with Crippen LogP contribution in [-0.2, 0) is 0 Å². The van der Waals surface area contributed by atoms with Crippen molar-refractivity contribution in [1.29, 1.82) is 0 Å². The Morgan fingerprint density at radius 3 is 1.96 bits per heavy atom. The highest BCUT2D eigenvalue weighted by Gasteiger charge is 2.22. The van der Waals surface area contributed by atoms with Crippen LogP contribution in [0.2, 0.25) is 0 Å². The summed E-state index contributed by atoms with van der Waals surface area (Å²) in [5, 5.41) is 0. The molecule has 0 aromatic carbocycles. The maximum atomic E-state index is 4.70. The zero-order valence-corrected chi connectivity index (χ0v) is 15.7. The van der Waals surface area contributed by atoms with Crippen molar-refractivity contribution in [1.82, 2.24) is 19.9 Å². The van der Waals surface area contributed by atoms with Gasteiger partial charge in [0, 0.05) is 57.7 Å². The Hall–Kier alpha value is -2.44. The molecule has 7 nitrogen and oxygen atoms in total. The van der Waals surface area contributed by atoms with E-state index >= 15 is 0 Å². The highest BCUT2D eigenvalue weighted by molar-refractivity contribution is 5.52. The summed E-state index contributed by atoms with van der Waals surface area (Å²) in [5.74, 6) is 4.61. The van der Waals surface area contributed by atoms with E-state index in [-0.39, 0.29) is 0 Å². The molecule has 0 amide bonds. The molecule has 4 rings (SSSR count). The average molecular weight is 353 g/mol. The van der Waals surface area contributed by atoms with Gasteiger partial charge in [-0.15, -0.1) is 0 Å². The topological polar surface area (TPSA) is 61.3 Å². The van der Waals surface area contributed by atoms with E-state index in [1.807, 2.05) is 13.0 Å². The molecule has 0 unspecified atom stereocenters. The number of piperidine rings is 1. The number of aryl methyl sites for hydroxylation is 1. The predicted molar refractivity (Wildman–Crippen MR) is 104 cm³/mol. The van der Waals surface area contributed by atoms with Gasteiger partial charge in [0.25, 0.3) is 0 Å². The van der Waals surface area contributed by atoms with Crippen molar-refractivity contribution in [2.24, 2.45) is 5.92 Å². The van der Waals surface area contributed by atoms with Gasteiger partial charge in [0.2, 0.25) is 5.95 Å². The first kappa shape index (κ1) is 17.0. The Labute approximate surface area is 155 Å². The van der Waals surface area contributed by atoms with Crippen molar-refractivity contribution < 1.29 is 0 Å². The van der Waals surface area contributed by atoms with E-state index in [9.17, 15) is 0 Å². The standard InChI is InChI=1S/C19H27N7/c1-15-4-8-24(9-5-15)17-14-18(23-16(2)22-17)25-10-12-26(13-11-25)19-20-6-3-7-21-19/h3,6-7,14-15H,4-5,8-13H2,1-2H3. The zero-order chi connectivity index (χ0) is 17.9. The lowest BCUT2D eigenvalue weighted by Crippen LogP contribution is -2.47. The van der Waals surface area contributed by atoms with Crippen molar-refractivity contribution >= 4 is 17.6 Å². The minimum absolute atomic E-state index is 0.814. The quantitative estimate of drug-likeness (QED) is 0.838. The minimum Gasteiger partial charge on any atom is -0.356 e. The Kier molecular flexibility index (Phi) is 4.86. The Balaban J connectivity index is 1.45. The Morgan fingerprint density at radius 2 is 1.35 bits per heavy atom. The van der Waals surface area contributed by atoms with Crippen LogP contribution in [0, 0.1) is 12.8 Å². The van der Waals surface area contributed by atoms with Crippen LogP contribution < -0.4 is 14.7 Å². The molecule has 7 heteroatoms. The lowest BCUT2D eigenvalue weighted by molar-refractivity contribution is 0.436. The van der Waals surface area contributed by atoms with E-state index in [0.717, 1.165) is 68.6 Å². The van der Waals surface area contributed by atoms with Gasteiger partial charge in [0.15, 0.2) is 0 Å². The van der Waals surface area contributed by atoms with Crippen molar-refractivity contribution in [3.63, 3.8) is 0 Å². The summed E-state index contributed by atoms with van der Waals surface area (Å²) in [6, 6.07) is 4.02. The van der Waals surface area contributed by atoms with Crippen molar-refractivity contribution in [2.45, 2.75) is 26.7 Å². The fraction of sp³-hybridized carbons (Fsp3) is 0.579. The zero-order valence-electron chi connectivity index (χ0n) is 15.7. The highest BCUT2D eigenvalue weighted by Crippen LogP contribution is 2.25. The molecule has 0 atom stereocenters. The molecular weight excluding hydrogens is 326 g/mol. The molecule has 0 N–H and O–H groups in total. The first-order valence-electron chi connectivity index (χ1n) is 9.56. The molecule has 26 heavy (non-hydrogen) atoms. The SMILES string of the molecule is Cc1nc(N2CCC(C)CC2)cc(N2CCN(c3ncccn3)CC2)n1. The molecule has 2 aliphatic rings. The third kappa shape index (κ3) is 3.71. The van der Waals surface area contributed by atoms with E-state index in [1.165, 1.54) is 12.8 Å². The molecule has 0 aliphatic carbocycles. The number of nitrogens with zero attached hydrogens (tertiary/aromatic N) is 7. The third-order valence-electron chi connectivity index (χ3n) is 5.36. The second kappa shape index (κ2) is 7.43. The second-order valence-electron chi connectivity index (χ2n) is 7.32. The fourth-order valence-electron chi connectivity index (χ4n) is 3.69. The second-order valence-corrected chi connectivity index (χ2v) is 7.32. The monoisotopic (exact) mass is 353 g/mol. The van der Waals surface area contributed by atoms with Crippen molar-refractivity contribution in [3.05, 3.63) is 30.4 Å². The van der Waals surface area contributed by atoms with E-state index in [2.05, 4.69) is 37.7 Å². The van der Waals surface area contributed by atoms with Crippen LogP contribution in [0.1, 0.15) is 25.6 Å². The molecular formula is C19H27N7. The summed E-state index contributed by atoms with van der Waals surface area (Å²) in [5.41, 5.74) is 0. The molecule has 2 aromatic heterocycles. The van der Waals surface area contributed by atoms with Crippen LogP contribution in [0.25, 0.3) is 0 Å². The van der Waals surface area contributed by atoms with Gasteiger partial charge in [-0.1, -0.05) is 6.92 Å². The highest BCUT2D eigenvalue weighted by atomic mass is 15.3. The normalized spacial score (nSPS) is 19.1. The van der Waals surface area contributed by atoms with Crippen molar-refractivity contribution in [3.8, 4) is 0 Å². The molecule has 0 saturated carbocycles. The average Bonchev–Trinajstić information content (AvgIpc) is 2.69. The molecule has 4 heterocycles. The lowest BCUT2D eigenvalue weighted by atomic mass is 9.99. The lowest BCUT2D eigenvalue weighted by Gasteiger charge is -2.36. The van der Waals surface area contributed by atoms with E-state index in [4.69, 9.17) is 9.97 Å². The smallest absolute Gasteiger partial charge is 0.225 e. The van der Waals surface area contributed by atoms with Gasteiger partial charge in [0.05, 0.1) is 0 Å². The maximum absolute atomic E-state index is 4.70. The van der Waals surface area contributed by atoms with Gasteiger partial charge in [0.1, 0.15) is 17.5 Å². The van der Waals surface area contributed by atoms with Crippen LogP contribution in [-0.4, -0.2) is 59.2 Å². The number of hydrogen-bond acceptors (Lipinski definition) is 7. The summed E-state index contributed by atoms with van der Waals surface area (Å²) < 4.78 is 0. The molecule has 138 valence electrons. The first-order chi connectivity index (χ1) is 12.7. The third-order valence-corrected chi connectivity index (χ3v) is 5.36. The molecule has 2 aromatic rings. The van der Waals surface area contributed by atoms with E-state index in [0.29, 0.717) is 0 Å². The molecule has 0 radical (unpaired) electrons. The van der Waals surface area contributed by atoms with E-state index < -0.39 is 0 Å². The van der Waals surface area contributed by atoms with Gasteiger partial charge in [-0.05, 0) is 31.7 Å². The van der Waals surface area contributed by atoms with E-state index in [1.54, 1.807) is 12.4 Å². The maximum Gasteiger partial charge on any atom is 0.225 e. The van der Waals surface area contributed by atoms with Gasteiger partial charge < -0.3 is 14.7 Å². The molecule has 2 saturated heterocycles. The number of aromatic nitrogens is 4. The summed E-state index contributed by atoms with van der Waals surface area (Å²) in [4.78, 5) is 25.1. The predicted octanol–water partition coefficient (Wildman–Crippen LogP) is 2.14. The first-order valence-corrected chi connectivity index (χ1v) is 9.56. The summed E-state index contributed by atoms with van der Waals surface area (Å²) in [6.45, 7) is 10.2. The Bertz CT molecular complexity index is 720. The minimum atomic E-state index is 0.814. The molecule has 2 aliphatic heterocycles. The number of hydrogen-bond donors (Lipinski definition) is 0. The van der Waals surface area contributed by atoms with Crippen LogP contribution in [0.3, 0.4) is 0 Å². The number of anilines is 3. The van der Waals surface area contributed by atoms with Crippen LogP contribution in [0.4, 0.5) is 17.6 Å². The van der Waals surface area contributed by atoms with Gasteiger partial charge >= 0.3 is 0 Å². The van der Waals surface area contributed by atoms with Gasteiger partial charge in [-0.3, -0.25) is 0 Å². The van der Waals surface area contributed by atoms with Crippen LogP contribution >= 0.6 is 0 Å². The van der Waals surface area contributed by atoms with Gasteiger partial charge in [-0.25, -0.2) is 19.9 Å². The Morgan fingerprint density at radius 1 is 0.808 bits per heavy atom. The summed E-state index contributed by atoms with van der Waals surface area (Å²) in [6.07, 6.45) is 6.09. The van der Waals surface area contributed by atoms with Crippen LogP contribution in [0.5, 0.6) is 0 Å². The van der Waals surface area contributed by atoms with Gasteiger partial charge in [-0.2, -0.15) is 0 Å². The van der Waals surface area contributed by atoms with Crippen LogP contribution in [0.15, 0.2) is 24.5 Å². The number of piperazine rings is 1. The van der Waals surface area contributed by atoms with Crippen molar-refractivity contribution in [2.75, 3.05) is 54.0 Å². The number of rotatable bonds is 3. The fourth-order valence-corrected chi connectivity index (χ4v) is 3.69. The largest absolute Gasteiger partial charge is 0.356 e.